The Kier molecular flexibility index (Phi) is 4.95. The molecule has 0 spiro atoms. The molecule has 28 heavy (non-hydrogen) atoms. The fourth-order valence-corrected chi connectivity index (χ4v) is 2.99. The number of nitrogens with zero attached hydrogens (tertiary/aromatic N) is 2. The molecule has 0 aliphatic heterocycles. The molecule has 2 heterocycles. The van der Waals surface area contributed by atoms with Crippen molar-refractivity contribution >= 4 is 17.6 Å². The second-order valence-electron chi connectivity index (χ2n) is 6.00. The van der Waals surface area contributed by atoms with E-state index >= 15 is 0 Å². The highest BCUT2D eigenvalue weighted by Gasteiger charge is 2.24. The van der Waals surface area contributed by atoms with Crippen LogP contribution in [0.4, 0.5) is 0 Å². The first-order valence-electron chi connectivity index (χ1n) is 8.52. The van der Waals surface area contributed by atoms with E-state index in [1.807, 2.05) is 30.3 Å². The minimum Gasteiger partial charge on any atom is -0.452 e. The molecular formula is C21H15ClN2O4. The molecular weight excluding hydrogens is 380 g/mol. The molecule has 0 aliphatic carbocycles. The van der Waals surface area contributed by atoms with Crippen LogP contribution in [0.5, 0.6) is 0 Å². The highest BCUT2D eigenvalue weighted by Crippen LogP contribution is 2.31. The number of carbonyl (C=O) groups excluding carboxylic acids is 1. The van der Waals surface area contributed by atoms with Gasteiger partial charge in [-0.25, -0.2) is 9.78 Å². The number of esters is 1. The Hall–Kier alpha value is -3.38. The van der Waals surface area contributed by atoms with E-state index < -0.39 is 5.97 Å². The molecule has 4 rings (SSSR count). The Morgan fingerprint density at radius 1 is 1.11 bits per heavy atom. The van der Waals surface area contributed by atoms with E-state index in [2.05, 4.69) is 10.1 Å². The predicted octanol–water partition coefficient (Wildman–Crippen LogP) is 5.32. The Balaban J connectivity index is 1.52. The summed E-state index contributed by atoms with van der Waals surface area (Å²) in [6.07, 6.45) is 1.60. The zero-order valence-electron chi connectivity index (χ0n) is 14.9. The Labute approximate surface area is 165 Å². The van der Waals surface area contributed by atoms with Gasteiger partial charge in [0.2, 0.25) is 5.89 Å². The highest BCUT2D eigenvalue weighted by molar-refractivity contribution is 6.33. The molecule has 0 fully saturated rings. The van der Waals surface area contributed by atoms with Crippen molar-refractivity contribution in [1.82, 2.24) is 10.1 Å². The standard InChI is InChI=1S/C21H15ClN2O4/c1-13-19(20(24-28-13)15-9-5-6-10-16(15)22)21(25)26-12-18-23-11-17(27-18)14-7-3-2-4-8-14/h2-11H,12H2,1H3. The van der Waals surface area contributed by atoms with Crippen LogP contribution in [0.25, 0.3) is 22.6 Å². The SMILES string of the molecule is Cc1onc(-c2ccccc2Cl)c1C(=O)OCc1ncc(-c2ccccc2)o1. The summed E-state index contributed by atoms with van der Waals surface area (Å²) in [5.74, 6) is 0.649. The number of carbonyl (C=O) groups is 1. The summed E-state index contributed by atoms with van der Waals surface area (Å²) in [4.78, 5) is 16.8. The number of halogens is 1. The van der Waals surface area contributed by atoms with Gasteiger partial charge in [0, 0.05) is 11.1 Å². The van der Waals surface area contributed by atoms with Gasteiger partial charge in [-0.05, 0) is 13.0 Å². The maximum Gasteiger partial charge on any atom is 0.344 e. The van der Waals surface area contributed by atoms with Crippen molar-refractivity contribution in [2.75, 3.05) is 0 Å². The first-order chi connectivity index (χ1) is 13.6. The van der Waals surface area contributed by atoms with Crippen LogP contribution in [-0.4, -0.2) is 16.1 Å². The Morgan fingerprint density at radius 3 is 2.64 bits per heavy atom. The van der Waals surface area contributed by atoms with Crippen molar-refractivity contribution < 1.29 is 18.5 Å². The first kappa shape index (κ1) is 18.0. The molecule has 6 nitrogen and oxygen atoms in total. The first-order valence-corrected chi connectivity index (χ1v) is 8.89. The molecule has 0 radical (unpaired) electrons. The van der Waals surface area contributed by atoms with Gasteiger partial charge in [-0.2, -0.15) is 0 Å². The number of benzene rings is 2. The van der Waals surface area contributed by atoms with Crippen LogP contribution in [0.2, 0.25) is 5.02 Å². The van der Waals surface area contributed by atoms with Crippen LogP contribution in [0.3, 0.4) is 0 Å². The van der Waals surface area contributed by atoms with Gasteiger partial charge >= 0.3 is 5.97 Å². The van der Waals surface area contributed by atoms with Crippen molar-refractivity contribution in [3.8, 4) is 22.6 Å². The maximum atomic E-state index is 12.6. The van der Waals surface area contributed by atoms with E-state index in [9.17, 15) is 4.79 Å². The highest BCUT2D eigenvalue weighted by atomic mass is 35.5. The summed E-state index contributed by atoms with van der Waals surface area (Å²) in [6, 6.07) is 16.6. The van der Waals surface area contributed by atoms with E-state index in [0.29, 0.717) is 33.7 Å². The van der Waals surface area contributed by atoms with Gasteiger partial charge in [0.15, 0.2) is 12.4 Å². The van der Waals surface area contributed by atoms with Crippen LogP contribution in [-0.2, 0) is 11.3 Å². The normalized spacial score (nSPS) is 10.8. The van der Waals surface area contributed by atoms with Gasteiger partial charge in [-0.15, -0.1) is 0 Å². The van der Waals surface area contributed by atoms with Crippen LogP contribution in [0.15, 0.2) is 69.7 Å². The summed E-state index contributed by atoms with van der Waals surface area (Å²) < 4.78 is 16.2. The second-order valence-corrected chi connectivity index (χ2v) is 6.41. The molecule has 0 aliphatic rings. The zero-order valence-corrected chi connectivity index (χ0v) is 15.6. The molecule has 2 aromatic heterocycles. The monoisotopic (exact) mass is 394 g/mol. The molecule has 4 aromatic rings. The van der Waals surface area contributed by atoms with Crippen LogP contribution < -0.4 is 0 Å². The second kappa shape index (κ2) is 7.70. The van der Waals surface area contributed by atoms with E-state index in [1.165, 1.54) is 0 Å². The molecule has 140 valence electrons. The molecule has 7 heteroatoms. The van der Waals surface area contributed by atoms with E-state index in [1.54, 1.807) is 37.4 Å². The van der Waals surface area contributed by atoms with Crippen LogP contribution in [0, 0.1) is 6.92 Å². The third-order valence-electron chi connectivity index (χ3n) is 4.13. The molecule has 0 atom stereocenters. The zero-order chi connectivity index (χ0) is 19.5. The molecule has 2 aromatic carbocycles. The third kappa shape index (κ3) is 3.54. The molecule has 0 N–H and O–H groups in total. The molecule has 0 unspecified atom stereocenters. The summed E-state index contributed by atoms with van der Waals surface area (Å²) in [7, 11) is 0. The Morgan fingerprint density at radius 2 is 1.86 bits per heavy atom. The number of aromatic nitrogens is 2. The number of hydrogen-bond donors (Lipinski definition) is 0. The van der Waals surface area contributed by atoms with E-state index in [0.717, 1.165) is 5.56 Å². The van der Waals surface area contributed by atoms with Gasteiger partial charge < -0.3 is 13.7 Å². The molecule has 0 bridgehead atoms. The van der Waals surface area contributed by atoms with Crippen molar-refractivity contribution in [2.45, 2.75) is 13.5 Å². The van der Waals surface area contributed by atoms with E-state index in [-0.39, 0.29) is 12.2 Å². The summed E-state index contributed by atoms with van der Waals surface area (Å²) in [5, 5.41) is 4.43. The average Bonchev–Trinajstić information content (AvgIpc) is 3.34. The maximum absolute atomic E-state index is 12.6. The Bertz CT molecular complexity index is 1120. The lowest BCUT2D eigenvalue weighted by atomic mass is 10.1. The average molecular weight is 395 g/mol. The minimum atomic E-state index is -0.590. The topological polar surface area (TPSA) is 78.4 Å². The largest absolute Gasteiger partial charge is 0.452 e. The lowest BCUT2D eigenvalue weighted by Gasteiger charge is -2.04. The summed E-state index contributed by atoms with van der Waals surface area (Å²) in [5.41, 5.74) is 2.05. The fourth-order valence-electron chi connectivity index (χ4n) is 2.76. The van der Waals surface area contributed by atoms with Gasteiger partial charge in [0.25, 0.3) is 0 Å². The number of oxazole rings is 1. The number of aryl methyl sites for hydroxylation is 1. The lowest BCUT2D eigenvalue weighted by molar-refractivity contribution is 0.0438. The summed E-state index contributed by atoms with van der Waals surface area (Å²) >= 11 is 6.22. The lowest BCUT2D eigenvalue weighted by Crippen LogP contribution is -2.07. The number of hydrogen-bond acceptors (Lipinski definition) is 6. The van der Waals surface area contributed by atoms with Gasteiger partial charge in [-0.1, -0.05) is 65.3 Å². The van der Waals surface area contributed by atoms with Gasteiger partial charge in [-0.3, -0.25) is 0 Å². The number of ether oxygens (including phenoxy) is 1. The van der Waals surface area contributed by atoms with Crippen molar-refractivity contribution in [1.29, 1.82) is 0 Å². The molecule has 0 saturated carbocycles. The molecule has 0 amide bonds. The van der Waals surface area contributed by atoms with Gasteiger partial charge in [0.05, 0.1) is 11.2 Å². The fraction of sp³-hybridized carbons (Fsp3) is 0.0952. The van der Waals surface area contributed by atoms with E-state index in [4.69, 9.17) is 25.3 Å². The van der Waals surface area contributed by atoms with Crippen molar-refractivity contribution in [2.24, 2.45) is 0 Å². The van der Waals surface area contributed by atoms with Crippen molar-refractivity contribution in [3.05, 3.63) is 83.0 Å². The van der Waals surface area contributed by atoms with Gasteiger partial charge in [0.1, 0.15) is 17.0 Å². The number of rotatable bonds is 5. The van der Waals surface area contributed by atoms with Crippen LogP contribution in [0.1, 0.15) is 22.0 Å². The summed E-state index contributed by atoms with van der Waals surface area (Å²) in [6.45, 7) is 1.53. The van der Waals surface area contributed by atoms with Crippen LogP contribution >= 0.6 is 11.6 Å². The molecule has 0 saturated heterocycles. The third-order valence-corrected chi connectivity index (χ3v) is 4.46. The predicted molar refractivity (Wildman–Crippen MR) is 103 cm³/mol. The van der Waals surface area contributed by atoms with Crippen molar-refractivity contribution in [3.63, 3.8) is 0 Å². The smallest absolute Gasteiger partial charge is 0.344 e. The minimum absolute atomic E-state index is 0.113. The quantitative estimate of drug-likeness (QED) is 0.426.